The van der Waals surface area contributed by atoms with Gasteiger partial charge in [-0.05, 0) is 50.4 Å². The van der Waals surface area contributed by atoms with Crippen LogP contribution in [0.15, 0.2) is 24.3 Å². The number of rotatable bonds is 5. The van der Waals surface area contributed by atoms with Crippen molar-refractivity contribution in [2.24, 2.45) is 11.8 Å². The van der Waals surface area contributed by atoms with Crippen LogP contribution in [0.25, 0.3) is 0 Å². The van der Waals surface area contributed by atoms with Gasteiger partial charge in [0, 0.05) is 12.5 Å². The Hall–Kier alpha value is -1.22. The first kappa shape index (κ1) is 16.2. The first-order chi connectivity index (χ1) is 10.1. The summed E-state index contributed by atoms with van der Waals surface area (Å²) in [7, 11) is 0. The largest absolute Gasteiger partial charge is 0.303 e. The van der Waals surface area contributed by atoms with Gasteiger partial charge in [-0.15, -0.1) is 0 Å². The molecule has 2 rings (SSSR count). The summed E-state index contributed by atoms with van der Waals surface area (Å²) in [6.45, 7) is 7.03. The van der Waals surface area contributed by atoms with Crippen molar-refractivity contribution in [3.8, 4) is 0 Å². The Kier molecular flexibility index (Phi) is 5.92. The van der Waals surface area contributed by atoms with E-state index >= 15 is 0 Å². The molecule has 0 aliphatic carbocycles. The third-order valence-corrected chi connectivity index (χ3v) is 4.64. The smallest absolute Gasteiger partial charge is 0.169 e. The van der Waals surface area contributed by atoms with Crippen LogP contribution < -0.4 is 0 Å². The molecule has 1 fully saturated rings. The lowest BCUT2D eigenvalue weighted by Crippen LogP contribution is -2.33. The molecule has 0 bridgehead atoms. The Morgan fingerprint density at radius 2 is 2.10 bits per heavy atom. The molecular formula is C18H26FNO. The highest BCUT2D eigenvalue weighted by atomic mass is 19.1. The van der Waals surface area contributed by atoms with Gasteiger partial charge in [-0.1, -0.05) is 32.4 Å². The molecule has 1 aromatic carbocycles. The summed E-state index contributed by atoms with van der Waals surface area (Å²) in [4.78, 5) is 14.8. The van der Waals surface area contributed by atoms with Crippen molar-refractivity contribution in [2.75, 3.05) is 19.6 Å². The molecule has 2 nitrogen and oxygen atoms in total. The molecule has 1 heterocycles. The molecule has 2 unspecified atom stereocenters. The molecule has 0 spiro atoms. The molecule has 0 N–H and O–H groups in total. The standard InChI is InChI=1S/C18H26FNO/c1-3-15-7-6-11-20(12-10-15)13-14(2)18(21)16-8-4-5-9-17(16)19/h4-5,8-9,14-15H,3,6-7,10-13H2,1-2H3. The maximum absolute atomic E-state index is 13.7. The number of Topliss-reactive ketones (excluding diaryl/α,β-unsaturated/α-hetero) is 1. The van der Waals surface area contributed by atoms with E-state index in [2.05, 4.69) is 11.8 Å². The maximum Gasteiger partial charge on any atom is 0.169 e. The van der Waals surface area contributed by atoms with Crippen molar-refractivity contribution in [1.82, 2.24) is 4.90 Å². The first-order valence-corrected chi connectivity index (χ1v) is 8.13. The summed E-state index contributed by atoms with van der Waals surface area (Å²) in [6, 6.07) is 6.29. The average molecular weight is 291 g/mol. The van der Waals surface area contributed by atoms with Gasteiger partial charge < -0.3 is 4.90 Å². The van der Waals surface area contributed by atoms with Crippen molar-refractivity contribution < 1.29 is 9.18 Å². The molecule has 0 saturated carbocycles. The number of hydrogen-bond acceptors (Lipinski definition) is 2. The van der Waals surface area contributed by atoms with E-state index in [0.29, 0.717) is 0 Å². The third-order valence-electron chi connectivity index (χ3n) is 4.64. The fraction of sp³-hybridized carbons (Fsp3) is 0.611. The summed E-state index contributed by atoms with van der Waals surface area (Å²) >= 11 is 0. The molecular weight excluding hydrogens is 265 g/mol. The minimum atomic E-state index is -0.406. The van der Waals surface area contributed by atoms with Crippen molar-refractivity contribution >= 4 is 5.78 Å². The molecule has 2 atom stereocenters. The molecule has 0 amide bonds. The average Bonchev–Trinajstić information content (AvgIpc) is 2.72. The number of benzene rings is 1. The number of carbonyl (C=O) groups is 1. The summed E-state index contributed by atoms with van der Waals surface area (Å²) in [6.07, 6.45) is 4.97. The zero-order valence-corrected chi connectivity index (χ0v) is 13.1. The molecule has 3 heteroatoms. The Bertz CT molecular complexity index is 474. The Morgan fingerprint density at radius 3 is 2.81 bits per heavy atom. The van der Waals surface area contributed by atoms with Gasteiger partial charge in [-0.25, -0.2) is 4.39 Å². The zero-order valence-electron chi connectivity index (χ0n) is 13.1. The van der Waals surface area contributed by atoms with Crippen LogP contribution in [0.3, 0.4) is 0 Å². The maximum atomic E-state index is 13.7. The monoisotopic (exact) mass is 291 g/mol. The van der Waals surface area contributed by atoms with Crippen LogP contribution in [0.5, 0.6) is 0 Å². The number of hydrogen-bond donors (Lipinski definition) is 0. The van der Waals surface area contributed by atoms with Crippen molar-refractivity contribution in [3.05, 3.63) is 35.6 Å². The van der Waals surface area contributed by atoms with Crippen LogP contribution in [0.1, 0.15) is 49.9 Å². The van der Waals surface area contributed by atoms with E-state index in [1.807, 2.05) is 6.92 Å². The van der Waals surface area contributed by atoms with E-state index in [1.54, 1.807) is 18.2 Å². The van der Waals surface area contributed by atoms with Crippen LogP contribution in [0.4, 0.5) is 4.39 Å². The fourth-order valence-corrected chi connectivity index (χ4v) is 3.21. The lowest BCUT2D eigenvalue weighted by Gasteiger charge is -2.23. The minimum Gasteiger partial charge on any atom is -0.303 e. The van der Waals surface area contributed by atoms with Crippen molar-refractivity contribution in [1.29, 1.82) is 0 Å². The summed E-state index contributed by atoms with van der Waals surface area (Å²) < 4.78 is 13.7. The second-order valence-electron chi connectivity index (χ2n) is 6.25. The lowest BCUT2D eigenvalue weighted by atomic mass is 9.98. The van der Waals surface area contributed by atoms with Crippen LogP contribution in [-0.2, 0) is 0 Å². The van der Waals surface area contributed by atoms with E-state index in [0.717, 1.165) is 25.6 Å². The number of nitrogens with zero attached hydrogens (tertiary/aromatic N) is 1. The molecule has 21 heavy (non-hydrogen) atoms. The highest BCUT2D eigenvalue weighted by Gasteiger charge is 2.22. The Balaban J connectivity index is 1.93. The van der Waals surface area contributed by atoms with Crippen molar-refractivity contribution in [3.63, 3.8) is 0 Å². The van der Waals surface area contributed by atoms with Gasteiger partial charge in [0.05, 0.1) is 5.56 Å². The number of halogens is 1. The zero-order chi connectivity index (χ0) is 15.2. The molecule has 0 radical (unpaired) electrons. The topological polar surface area (TPSA) is 20.3 Å². The van der Waals surface area contributed by atoms with Gasteiger partial charge in [0.1, 0.15) is 5.82 Å². The third kappa shape index (κ3) is 4.37. The van der Waals surface area contributed by atoms with E-state index in [9.17, 15) is 9.18 Å². The second kappa shape index (κ2) is 7.69. The van der Waals surface area contributed by atoms with Crippen molar-refractivity contribution in [2.45, 2.75) is 39.5 Å². The van der Waals surface area contributed by atoms with E-state index in [4.69, 9.17) is 0 Å². The van der Waals surface area contributed by atoms with Gasteiger partial charge in [-0.3, -0.25) is 4.79 Å². The van der Waals surface area contributed by atoms with E-state index in [1.165, 1.54) is 31.7 Å². The molecule has 1 aromatic rings. The van der Waals surface area contributed by atoms with Crippen LogP contribution >= 0.6 is 0 Å². The molecule has 116 valence electrons. The van der Waals surface area contributed by atoms with Gasteiger partial charge in [0.25, 0.3) is 0 Å². The molecule has 1 aliphatic rings. The minimum absolute atomic E-state index is 0.0793. The highest BCUT2D eigenvalue weighted by molar-refractivity contribution is 5.98. The highest BCUT2D eigenvalue weighted by Crippen LogP contribution is 2.21. The lowest BCUT2D eigenvalue weighted by molar-refractivity contribution is 0.0890. The molecule has 1 saturated heterocycles. The number of likely N-dealkylation sites (tertiary alicyclic amines) is 1. The number of ketones is 1. The first-order valence-electron chi connectivity index (χ1n) is 8.13. The van der Waals surface area contributed by atoms with Crippen LogP contribution in [-0.4, -0.2) is 30.3 Å². The van der Waals surface area contributed by atoms with Crippen LogP contribution in [0.2, 0.25) is 0 Å². The van der Waals surface area contributed by atoms with Gasteiger partial charge in [0.15, 0.2) is 5.78 Å². The van der Waals surface area contributed by atoms with Gasteiger partial charge in [0.2, 0.25) is 0 Å². The van der Waals surface area contributed by atoms with E-state index < -0.39 is 5.82 Å². The Morgan fingerprint density at radius 1 is 1.33 bits per heavy atom. The summed E-state index contributed by atoms with van der Waals surface area (Å²) in [5.74, 6) is 0.188. The Labute approximate surface area is 127 Å². The normalized spacial score (nSPS) is 21.8. The number of carbonyl (C=O) groups excluding carboxylic acids is 1. The quantitative estimate of drug-likeness (QED) is 0.759. The predicted molar refractivity (Wildman–Crippen MR) is 84.0 cm³/mol. The van der Waals surface area contributed by atoms with Gasteiger partial charge in [-0.2, -0.15) is 0 Å². The molecule has 0 aromatic heterocycles. The van der Waals surface area contributed by atoms with Crippen LogP contribution in [0, 0.1) is 17.7 Å². The second-order valence-corrected chi connectivity index (χ2v) is 6.25. The summed E-state index contributed by atoms with van der Waals surface area (Å²) in [5, 5.41) is 0. The molecule has 1 aliphatic heterocycles. The summed E-state index contributed by atoms with van der Waals surface area (Å²) in [5.41, 5.74) is 0.228. The SMILES string of the molecule is CCC1CCCN(CC(C)C(=O)c2ccccc2F)CC1. The fourth-order valence-electron chi connectivity index (χ4n) is 3.21. The van der Waals surface area contributed by atoms with Gasteiger partial charge >= 0.3 is 0 Å². The predicted octanol–water partition coefficient (Wildman–Crippen LogP) is 4.16. The van der Waals surface area contributed by atoms with E-state index in [-0.39, 0.29) is 17.3 Å².